The Morgan fingerprint density at radius 3 is 2.85 bits per heavy atom. The summed E-state index contributed by atoms with van der Waals surface area (Å²) in [5, 5.41) is 0. The molecule has 2 aromatic heterocycles. The third-order valence-electron chi connectivity index (χ3n) is 5.16. The molecule has 1 amide bonds. The van der Waals surface area contributed by atoms with Gasteiger partial charge in [0.25, 0.3) is 5.91 Å². The third kappa shape index (κ3) is 3.18. The molecule has 0 bridgehead atoms. The van der Waals surface area contributed by atoms with Gasteiger partial charge >= 0.3 is 5.69 Å². The molecule has 1 aromatic carbocycles. The molecule has 1 unspecified atom stereocenters. The Morgan fingerprint density at radius 2 is 2.11 bits per heavy atom. The number of aromatic amines is 1. The van der Waals surface area contributed by atoms with Crippen molar-refractivity contribution in [1.82, 2.24) is 24.4 Å². The molecule has 1 aliphatic heterocycles. The van der Waals surface area contributed by atoms with Gasteiger partial charge < -0.3 is 14.8 Å². The molecule has 0 saturated carbocycles. The molecular weight excluding hydrogens is 344 g/mol. The molecular formula is C19H22N6O2. The summed E-state index contributed by atoms with van der Waals surface area (Å²) in [7, 11) is 3.36. The highest BCUT2D eigenvalue weighted by Crippen LogP contribution is 2.25. The number of likely N-dealkylation sites (N-methyl/N-ethyl adjacent to an activating group) is 1. The summed E-state index contributed by atoms with van der Waals surface area (Å²) in [5.74, 6) is 0.665. The number of carbonyl (C=O) groups excluding carboxylic acids is 1. The van der Waals surface area contributed by atoms with Crippen LogP contribution in [0, 0.1) is 0 Å². The standard InChI is InChI=1S/C19H22N6O2/c1-23(18(26)16-10-21-19(27)24(16)2)12-13-6-5-9-25(13)17-11-20-14-7-3-4-8-15(14)22-17/h3-4,7-8,10-11,13H,5-6,9,12H2,1-2H3,(H,21,27). The van der Waals surface area contributed by atoms with Gasteiger partial charge in [0.1, 0.15) is 11.5 Å². The smallest absolute Gasteiger partial charge is 0.325 e. The summed E-state index contributed by atoms with van der Waals surface area (Å²) in [6.07, 6.45) is 5.29. The number of imidazole rings is 1. The van der Waals surface area contributed by atoms with Crippen LogP contribution in [0.25, 0.3) is 11.0 Å². The fourth-order valence-electron chi connectivity index (χ4n) is 3.65. The topological polar surface area (TPSA) is 87.1 Å². The molecule has 0 radical (unpaired) electrons. The highest BCUT2D eigenvalue weighted by Gasteiger charge is 2.29. The first-order valence-corrected chi connectivity index (χ1v) is 9.03. The molecule has 1 atom stereocenters. The summed E-state index contributed by atoms with van der Waals surface area (Å²) < 4.78 is 1.33. The lowest BCUT2D eigenvalue weighted by atomic mass is 10.2. The van der Waals surface area contributed by atoms with Crippen molar-refractivity contribution in [2.75, 3.05) is 25.0 Å². The highest BCUT2D eigenvalue weighted by atomic mass is 16.2. The molecule has 8 nitrogen and oxygen atoms in total. The van der Waals surface area contributed by atoms with Crippen molar-refractivity contribution in [3.05, 3.63) is 52.8 Å². The van der Waals surface area contributed by atoms with E-state index in [1.165, 1.54) is 10.8 Å². The van der Waals surface area contributed by atoms with Crippen molar-refractivity contribution < 1.29 is 4.79 Å². The number of nitrogens with one attached hydrogen (secondary N) is 1. The first kappa shape index (κ1) is 17.3. The van der Waals surface area contributed by atoms with Crippen LogP contribution >= 0.6 is 0 Å². The van der Waals surface area contributed by atoms with Crippen molar-refractivity contribution in [3.8, 4) is 0 Å². The van der Waals surface area contributed by atoms with E-state index in [1.807, 2.05) is 24.3 Å². The number of benzene rings is 1. The van der Waals surface area contributed by atoms with Gasteiger partial charge in [0.2, 0.25) is 0 Å². The van der Waals surface area contributed by atoms with Gasteiger partial charge in [-0.1, -0.05) is 12.1 Å². The zero-order valence-electron chi connectivity index (χ0n) is 15.4. The van der Waals surface area contributed by atoms with Crippen molar-refractivity contribution in [1.29, 1.82) is 0 Å². The van der Waals surface area contributed by atoms with Crippen molar-refractivity contribution in [2.24, 2.45) is 7.05 Å². The van der Waals surface area contributed by atoms with E-state index in [9.17, 15) is 9.59 Å². The molecule has 1 saturated heterocycles. The highest BCUT2D eigenvalue weighted by molar-refractivity contribution is 5.92. The third-order valence-corrected chi connectivity index (χ3v) is 5.16. The van der Waals surface area contributed by atoms with Gasteiger partial charge in [0.05, 0.1) is 17.2 Å². The van der Waals surface area contributed by atoms with Gasteiger partial charge in [-0.2, -0.15) is 0 Å². The van der Waals surface area contributed by atoms with Gasteiger partial charge in [0.15, 0.2) is 0 Å². The Labute approximate surface area is 156 Å². The Bertz CT molecular complexity index is 1040. The average molecular weight is 366 g/mol. The lowest BCUT2D eigenvalue weighted by molar-refractivity contribution is 0.0777. The van der Waals surface area contributed by atoms with Crippen LogP contribution in [-0.4, -0.2) is 56.5 Å². The predicted octanol–water partition coefficient (Wildman–Crippen LogP) is 1.40. The molecule has 3 heterocycles. The summed E-state index contributed by atoms with van der Waals surface area (Å²) >= 11 is 0. The van der Waals surface area contributed by atoms with Gasteiger partial charge in [0, 0.05) is 39.4 Å². The maximum Gasteiger partial charge on any atom is 0.325 e. The van der Waals surface area contributed by atoms with Crippen LogP contribution in [0.2, 0.25) is 0 Å². The Hall–Kier alpha value is -3.16. The first-order chi connectivity index (χ1) is 13.0. The van der Waals surface area contributed by atoms with Crippen LogP contribution in [0.1, 0.15) is 23.3 Å². The van der Waals surface area contributed by atoms with Gasteiger partial charge in [-0.05, 0) is 25.0 Å². The monoisotopic (exact) mass is 366 g/mol. The largest absolute Gasteiger partial charge is 0.351 e. The lowest BCUT2D eigenvalue weighted by Crippen LogP contribution is -2.42. The molecule has 8 heteroatoms. The van der Waals surface area contributed by atoms with Crippen molar-refractivity contribution in [3.63, 3.8) is 0 Å². The molecule has 27 heavy (non-hydrogen) atoms. The summed E-state index contributed by atoms with van der Waals surface area (Å²) in [6.45, 7) is 1.45. The Balaban J connectivity index is 1.53. The lowest BCUT2D eigenvalue weighted by Gasteiger charge is -2.29. The zero-order chi connectivity index (χ0) is 19.0. The van der Waals surface area contributed by atoms with Crippen LogP contribution in [0.4, 0.5) is 5.82 Å². The van der Waals surface area contributed by atoms with Gasteiger partial charge in [-0.3, -0.25) is 14.3 Å². The van der Waals surface area contributed by atoms with Crippen LogP contribution in [0.3, 0.4) is 0 Å². The number of amides is 1. The fraction of sp³-hybridized carbons (Fsp3) is 0.368. The molecule has 1 aliphatic rings. The molecule has 1 fully saturated rings. The van der Waals surface area contributed by atoms with Crippen LogP contribution in [-0.2, 0) is 7.05 Å². The van der Waals surface area contributed by atoms with E-state index < -0.39 is 0 Å². The maximum absolute atomic E-state index is 12.7. The second-order valence-electron chi connectivity index (χ2n) is 6.93. The Kier molecular flexibility index (Phi) is 4.39. The Morgan fingerprint density at radius 1 is 1.33 bits per heavy atom. The van der Waals surface area contributed by atoms with Crippen LogP contribution < -0.4 is 10.6 Å². The second kappa shape index (κ2) is 6.86. The van der Waals surface area contributed by atoms with Crippen LogP contribution in [0.5, 0.6) is 0 Å². The van der Waals surface area contributed by atoms with E-state index in [-0.39, 0.29) is 17.6 Å². The minimum absolute atomic E-state index is 0.172. The molecule has 3 aromatic rings. The minimum Gasteiger partial charge on any atom is -0.351 e. The molecule has 0 aliphatic carbocycles. The number of H-pyrrole nitrogens is 1. The first-order valence-electron chi connectivity index (χ1n) is 9.03. The number of rotatable bonds is 4. The minimum atomic E-state index is -0.291. The van der Waals surface area contributed by atoms with E-state index in [0.29, 0.717) is 12.2 Å². The number of para-hydroxylation sites is 2. The summed E-state index contributed by atoms with van der Waals surface area (Å²) in [6, 6.07) is 7.98. The summed E-state index contributed by atoms with van der Waals surface area (Å²) in [4.78, 5) is 39.9. The van der Waals surface area contributed by atoms with E-state index in [0.717, 1.165) is 36.2 Å². The molecule has 0 spiro atoms. The number of hydrogen-bond acceptors (Lipinski definition) is 5. The number of anilines is 1. The van der Waals surface area contributed by atoms with E-state index in [4.69, 9.17) is 4.98 Å². The molecule has 140 valence electrons. The number of fused-ring (bicyclic) bond motifs is 1. The number of carbonyl (C=O) groups is 1. The molecule has 4 rings (SSSR count). The maximum atomic E-state index is 12.7. The quantitative estimate of drug-likeness (QED) is 0.754. The van der Waals surface area contributed by atoms with Gasteiger partial charge in [-0.15, -0.1) is 0 Å². The van der Waals surface area contributed by atoms with Crippen molar-refractivity contribution >= 4 is 22.8 Å². The SMILES string of the molecule is CN(CC1CCCN1c1cnc2ccccc2n1)C(=O)c1c[nH]c(=O)n1C. The average Bonchev–Trinajstić information content (AvgIpc) is 3.27. The number of hydrogen-bond donors (Lipinski definition) is 1. The molecule has 1 N–H and O–H groups in total. The summed E-state index contributed by atoms with van der Waals surface area (Å²) in [5.41, 5.74) is 1.81. The van der Waals surface area contributed by atoms with Crippen molar-refractivity contribution in [2.45, 2.75) is 18.9 Å². The van der Waals surface area contributed by atoms with Crippen LogP contribution in [0.15, 0.2) is 41.5 Å². The van der Waals surface area contributed by atoms with E-state index in [1.54, 1.807) is 25.2 Å². The fourth-order valence-corrected chi connectivity index (χ4v) is 3.65. The normalized spacial score (nSPS) is 16.8. The number of aromatic nitrogens is 4. The predicted molar refractivity (Wildman–Crippen MR) is 103 cm³/mol. The van der Waals surface area contributed by atoms with E-state index >= 15 is 0 Å². The zero-order valence-corrected chi connectivity index (χ0v) is 15.4. The van der Waals surface area contributed by atoms with E-state index in [2.05, 4.69) is 14.9 Å². The second-order valence-corrected chi connectivity index (χ2v) is 6.93. The van der Waals surface area contributed by atoms with Gasteiger partial charge in [-0.25, -0.2) is 9.78 Å². The number of nitrogens with zero attached hydrogens (tertiary/aromatic N) is 5.